The van der Waals surface area contributed by atoms with E-state index in [4.69, 9.17) is 37.4 Å². The highest BCUT2D eigenvalue weighted by Gasteiger charge is 2.24. The Balaban J connectivity index is 1.72. The summed E-state index contributed by atoms with van der Waals surface area (Å²) in [5.41, 5.74) is -0.177. The maximum atomic E-state index is 12.3. The molecule has 0 saturated carbocycles. The lowest BCUT2D eigenvalue weighted by atomic mass is 10.1. The second-order valence-electron chi connectivity index (χ2n) is 11.3. The Hall–Kier alpha value is -3.84. The zero-order chi connectivity index (χ0) is 31.2. The third-order valence-electron chi connectivity index (χ3n) is 5.39. The van der Waals surface area contributed by atoms with E-state index < -0.39 is 35.4 Å². The SMILES string of the molecule is CC(C)(C)OC(=O)Nc1ncnc2c1ncn2Cc1c(OCCCC(NC(=O)OC(C)(C)C)C(=O)O)ccc(Cl)c1Cl. The zero-order valence-corrected chi connectivity index (χ0v) is 25.7. The maximum Gasteiger partial charge on any atom is 0.413 e. The Bertz CT molecular complexity index is 1450. The number of carbonyl (C=O) groups excluding carboxylic acids is 2. The van der Waals surface area contributed by atoms with Gasteiger partial charge in [-0.05, 0) is 66.5 Å². The van der Waals surface area contributed by atoms with Crippen LogP contribution in [0.5, 0.6) is 5.75 Å². The molecule has 3 rings (SSSR count). The molecule has 2 heterocycles. The molecule has 3 aromatic rings. The lowest BCUT2D eigenvalue weighted by molar-refractivity contribution is -0.139. The van der Waals surface area contributed by atoms with Crippen molar-refractivity contribution in [3.8, 4) is 5.75 Å². The number of ether oxygens (including phenoxy) is 3. The van der Waals surface area contributed by atoms with Crippen LogP contribution in [0.2, 0.25) is 10.0 Å². The van der Waals surface area contributed by atoms with Crippen LogP contribution >= 0.6 is 23.2 Å². The smallest absolute Gasteiger partial charge is 0.413 e. The van der Waals surface area contributed by atoms with E-state index in [2.05, 4.69) is 25.6 Å². The number of hydrogen-bond acceptors (Lipinski definition) is 9. The van der Waals surface area contributed by atoms with Gasteiger partial charge in [0.15, 0.2) is 17.0 Å². The van der Waals surface area contributed by atoms with E-state index >= 15 is 0 Å². The van der Waals surface area contributed by atoms with Crippen molar-refractivity contribution < 1.29 is 33.7 Å². The molecule has 13 nitrogen and oxygen atoms in total. The molecular weight excluding hydrogens is 591 g/mol. The highest BCUT2D eigenvalue weighted by molar-refractivity contribution is 6.42. The summed E-state index contributed by atoms with van der Waals surface area (Å²) in [5, 5.41) is 15.0. The fourth-order valence-corrected chi connectivity index (χ4v) is 4.09. The fourth-order valence-electron chi connectivity index (χ4n) is 3.69. The zero-order valence-electron chi connectivity index (χ0n) is 24.2. The molecule has 0 aliphatic rings. The minimum Gasteiger partial charge on any atom is -0.493 e. The first kappa shape index (κ1) is 32.7. The Morgan fingerprint density at radius 1 is 1.00 bits per heavy atom. The molecule has 0 fully saturated rings. The van der Waals surface area contributed by atoms with E-state index in [1.807, 2.05) is 0 Å². The number of alkyl carbamates (subject to hydrolysis) is 1. The van der Waals surface area contributed by atoms with Gasteiger partial charge >= 0.3 is 18.2 Å². The topological polar surface area (TPSA) is 167 Å². The first-order valence-corrected chi connectivity index (χ1v) is 13.8. The van der Waals surface area contributed by atoms with Crippen molar-refractivity contribution in [1.82, 2.24) is 24.8 Å². The largest absolute Gasteiger partial charge is 0.493 e. The molecule has 0 saturated heterocycles. The van der Waals surface area contributed by atoms with Crippen molar-refractivity contribution in [2.24, 2.45) is 0 Å². The summed E-state index contributed by atoms with van der Waals surface area (Å²) >= 11 is 12.8. The van der Waals surface area contributed by atoms with Crippen molar-refractivity contribution in [2.75, 3.05) is 11.9 Å². The Labute approximate surface area is 252 Å². The van der Waals surface area contributed by atoms with Crippen molar-refractivity contribution in [3.63, 3.8) is 0 Å². The number of aromatic nitrogens is 4. The number of halogens is 2. The molecule has 1 unspecified atom stereocenters. The van der Waals surface area contributed by atoms with Crippen LogP contribution < -0.4 is 15.4 Å². The number of carbonyl (C=O) groups is 3. The third-order valence-corrected chi connectivity index (χ3v) is 6.23. The molecule has 228 valence electrons. The molecule has 0 spiro atoms. The lowest BCUT2D eigenvalue weighted by Crippen LogP contribution is -2.43. The van der Waals surface area contributed by atoms with Crippen LogP contribution in [-0.2, 0) is 20.8 Å². The number of benzene rings is 1. The molecule has 2 aromatic heterocycles. The van der Waals surface area contributed by atoms with Gasteiger partial charge in [0, 0.05) is 5.56 Å². The minimum atomic E-state index is -1.19. The molecule has 1 atom stereocenters. The normalized spacial score (nSPS) is 12.5. The highest BCUT2D eigenvalue weighted by atomic mass is 35.5. The molecule has 42 heavy (non-hydrogen) atoms. The summed E-state index contributed by atoms with van der Waals surface area (Å²) in [4.78, 5) is 48.7. The van der Waals surface area contributed by atoms with Crippen molar-refractivity contribution in [2.45, 2.75) is 78.2 Å². The van der Waals surface area contributed by atoms with E-state index in [0.29, 0.717) is 33.9 Å². The monoisotopic (exact) mass is 624 g/mol. The van der Waals surface area contributed by atoms with Crippen LogP contribution in [0.15, 0.2) is 24.8 Å². The van der Waals surface area contributed by atoms with Gasteiger partial charge in [0.1, 0.15) is 29.3 Å². The first-order chi connectivity index (χ1) is 19.5. The van der Waals surface area contributed by atoms with E-state index in [1.165, 1.54) is 12.7 Å². The number of nitrogens with zero attached hydrogens (tertiary/aromatic N) is 4. The maximum absolute atomic E-state index is 12.3. The Morgan fingerprint density at radius 2 is 1.67 bits per heavy atom. The minimum absolute atomic E-state index is 0.0989. The fraction of sp³-hybridized carbons (Fsp3) is 0.481. The van der Waals surface area contributed by atoms with Crippen LogP contribution in [-0.4, -0.2) is 66.6 Å². The van der Waals surface area contributed by atoms with Gasteiger partial charge < -0.3 is 29.2 Å². The third kappa shape index (κ3) is 9.35. The lowest BCUT2D eigenvalue weighted by Gasteiger charge is -2.22. The number of rotatable bonds is 10. The predicted molar refractivity (Wildman–Crippen MR) is 156 cm³/mol. The first-order valence-electron chi connectivity index (χ1n) is 13.0. The standard InChI is InChI=1S/C27H34Cl2N6O7/c1-26(2,3)41-24(38)33-17(23(36)37)8-7-11-40-18-10-9-16(28)19(29)15(18)12-35-14-32-20-21(30-13-31-22(20)35)34-25(39)42-27(4,5)6/h9-10,13-14,17H,7-8,11-12H2,1-6H3,(H,33,38)(H,36,37)(H,30,31,34,39). The molecule has 2 amide bonds. The highest BCUT2D eigenvalue weighted by Crippen LogP contribution is 2.34. The van der Waals surface area contributed by atoms with Crippen molar-refractivity contribution in [3.05, 3.63) is 40.4 Å². The molecule has 15 heteroatoms. The summed E-state index contributed by atoms with van der Waals surface area (Å²) in [6.07, 6.45) is 1.70. The second kappa shape index (κ2) is 13.4. The average Bonchev–Trinajstić information content (AvgIpc) is 3.26. The van der Waals surface area contributed by atoms with Gasteiger partial charge in [-0.1, -0.05) is 23.2 Å². The van der Waals surface area contributed by atoms with E-state index in [9.17, 15) is 19.5 Å². The molecule has 0 radical (unpaired) electrons. The van der Waals surface area contributed by atoms with Crippen LogP contribution in [0, 0.1) is 0 Å². The molecule has 0 aliphatic carbocycles. The van der Waals surface area contributed by atoms with Crippen LogP contribution in [0.4, 0.5) is 15.4 Å². The van der Waals surface area contributed by atoms with Crippen LogP contribution in [0.25, 0.3) is 11.2 Å². The summed E-state index contributed by atoms with van der Waals surface area (Å²) in [6.45, 7) is 10.6. The van der Waals surface area contributed by atoms with Gasteiger partial charge in [-0.3, -0.25) is 5.32 Å². The quantitative estimate of drug-likeness (QED) is 0.239. The van der Waals surface area contributed by atoms with E-state index in [-0.39, 0.29) is 30.4 Å². The van der Waals surface area contributed by atoms with Crippen molar-refractivity contribution in [1.29, 1.82) is 0 Å². The molecule has 0 bridgehead atoms. The van der Waals surface area contributed by atoms with Gasteiger partial charge in [0.25, 0.3) is 0 Å². The van der Waals surface area contributed by atoms with Gasteiger partial charge in [-0.15, -0.1) is 0 Å². The van der Waals surface area contributed by atoms with Crippen LogP contribution in [0.3, 0.4) is 0 Å². The van der Waals surface area contributed by atoms with E-state index in [1.54, 1.807) is 58.2 Å². The summed E-state index contributed by atoms with van der Waals surface area (Å²) in [7, 11) is 0. The summed E-state index contributed by atoms with van der Waals surface area (Å²) in [6, 6.07) is 2.09. The molecular formula is C27H34Cl2N6O7. The number of hydrogen-bond donors (Lipinski definition) is 3. The van der Waals surface area contributed by atoms with Gasteiger partial charge in [-0.25, -0.2) is 29.3 Å². The Morgan fingerprint density at radius 3 is 2.31 bits per heavy atom. The molecule has 3 N–H and O–H groups in total. The predicted octanol–water partition coefficient (Wildman–Crippen LogP) is 5.67. The van der Waals surface area contributed by atoms with Gasteiger partial charge in [0.2, 0.25) is 0 Å². The molecule has 1 aromatic carbocycles. The average molecular weight is 626 g/mol. The number of anilines is 1. The van der Waals surface area contributed by atoms with Gasteiger partial charge in [-0.2, -0.15) is 0 Å². The van der Waals surface area contributed by atoms with Crippen molar-refractivity contribution >= 4 is 58.3 Å². The second-order valence-corrected chi connectivity index (χ2v) is 12.0. The number of nitrogens with one attached hydrogen (secondary N) is 2. The van der Waals surface area contributed by atoms with E-state index in [0.717, 1.165) is 0 Å². The summed E-state index contributed by atoms with van der Waals surface area (Å²) < 4.78 is 18.1. The number of carboxylic acid groups (broad SMARTS) is 1. The van der Waals surface area contributed by atoms with Crippen LogP contribution in [0.1, 0.15) is 59.9 Å². The number of imidazole rings is 1. The number of amides is 2. The summed E-state index contributed by atoms with van der Waals surface area (Å²) in [5.74, 6) is -0.598. The molecule has 0 aliphatic heterocycles. The Kier molecular flexibility index (Phi) is 10.4. The van der Waals surface area contributed by atoms with Gasteiger partial charge in [0.05, 0.1) is 29.5 Å². The number of aliphatic carboxylic acids is 1. The number of fused-ring (bicyclic) bond motifs is 1. The number of carboxylic acids is 1.